The van der Waals surface area contributed by atoms with E-state index in [2.05, 4.69) is 0 Å². The highest BCUT2D eigenvalue weighted by Gasteiger charge is 2.19. The maximum absolute atomic E-state index is 13.0. The van der Waals surface area contributed by atoms with Crippen molar-refractivity contribution in [2.45, 2.75) is 26.4 Å². The van der Waals surface area contributed by atoms with Crippen molar-refractivity contribution in [2.24, 2.45) is 5.92 Å². The molecule has 0 bridgehead atoms. The molecule has 6 heteroatoms. The van der Waals surface area contributed by atoms with Gasteiger partial charge in [-0.3, -0.25) is 9.69 Å². The summed E-state index contributed by atoms with van der Waals surface area (Å²) in [6.07, 6.45) is -0.494. The number of amides is 1. The van der Waals surface area contributed by atoms with Crippen LogP contribution < -0.4 is 0 Å². The monoisotopic (exact) mass is 335 g/mol. The Morgan fingerprint density at radius 1 is 1.29 bits per heavy atom. The molecule has 1 amide bonds. The number of aliphatic hydroxyl groups excluding tert-OH is 1. The largest absolute Gasteiger partial charge is 0.387 e. The van der Waals surface area contributed by atoms with E-state index >= 15 is 0 Å². The van der Waals surface area contributed by atoms with Crippen LogP contribution in [0, 0.1) is 23.1 Å². The second-order valence-corrected chi connectivity index (χ2v) is 6.38. The Morgan fingerprint density at radius 2 is 1.92 bits per heavy atom. The van der Waals surface area contributed by atoms with Crippen LogP contribution in [-0.2, 0) is 4.79 Å². The van der Waals surface area contributed by atoms with Gasteiger partial charge in [0, 0.05) is 26.7 Å². The zero-order valence-corrected chi connectivity index (χ0v) is 14.6. The van der Waals surface area contributed by atoms with Gasteiger partial charge in [0.2, 0.25) is 5.91 Å². The number of nitriles is 1. The molecule has 0 aliphatic heterocycles. The van der Waals surface area contributed by atoms with Gasteiger partial charge >= 0.3 is 0 Å². The van der Waals surface area contributed by atoms with Crippen molar-refractivity contribution in [1.82, 2.24) is 9.80 Å². The van der Waals surface area contributed by atoms with E-state index in [1.165, 1.54) is 17.0 Å². The third kappa shape index (κ3) is 7.07. The zero-order chi connectivity index (χ0) is 18.1. The van der Waals surface area contributed by atoms with E-state index in [1.807, 2.05) is 24.8 Å². The minimum atomic E-state index is -0.790. The van der Waals surface area contributed by atoms with Crippen LogP contribution in [0.5, 0.6) is 0 Å². The first-order valence-electron chi connectivity index (χ1n) is 8.10. The highest BCUT2D eigenvalue weighted by Crippen LogP contribution is 2.16. The van der Waals surface area contributed by atoms with Gasteiger partial charge in [-0.05, 0) is 23.6 Å². The van der Waals surface area contributed by atoms with Gasteiger partial charge in [0.05, 0.1) is 25.1 Å². The fraction of sp³-hybridized carbons (Fsp3) is 0.556. The summed E-state index contributed by atoms with van der Waals surface area (Å²) in [6, 6.07) is 7.74. The topological polar surface area (TPSA) is 67.6 Å². The minimum absolute atomic E-state index is 0.0859. The summed E-state index contributed by atoms with van der Waals surface area (Å²) in [5, 5.41) is 19.0. The Bertz CT molecular complexity index is 554. The molecule has 0 aliphatic rings. The SMILES string of the molecule is CC(C)CN(CC(=O)N(C)CCC#N)CC(O)c1ccc(F)cc1. The molecule has 132 valence electrons. The second-order valence-electron chi connectivity index (χ2n) is 6.38. The van der Waals surface area contributed by atoms with Crippen LogP contribution >= 0.6 is 0 Å². The maximum atomic E-state index is 13.0. The van der Waals surface area contributed by atoms with Gasteiger partial charge in [-0.25, -0.2) is 4.39 Å². The number of rotatable bonds is 9. The Morgan fingerprint density at radius 3 is 2.46 bits per heavy atom. The second kappa shape index (κ2) is 10.0. The molecule has 1 atom stereocenters. The zero-order valence-electron chi connectivity index (χ0n) is 14.6. The van der Waals surface area contributed by atoms with Crippen LogP contribution in [0.2, 0.25) is 0 Å². The molecule has 1 aromatic rings. The third-order valence-corrected chi connectivity index (χ3v) is 3.65. The van der Waals surface area contributed by atoms with E-state index in [-0.39, 0.29) is 18.3 Å². The van der Waals surface area contributed by atoms with Crippen molar-refractivity contribution in [3.8, 4) is 6.07 Å². The molecular formula is C18H26FN3O2. The first-order valence-corrected chi connectivity index (χ1v) is 8.10. The number of hydrogen-bond acceptors (Lipinski definition) is 4. The smallest absolute Gasteiger partial charge is 0.236 e. The van der Waals surface area contributed by atoms with Crippen molar-refractivity contribution >= 4 is 5.91 Å². The fourth-order valence-electron chi connectivity index (χ4n) is 2.41. The minimum Gasteiger partial charge on any atom is -0.387 e. The van der Waals surface area contributed by atoms with Crippen LogP contribution in [0.3, 0.4) is 0 Å². The Balaban J connectivity index is 2.69. The molecule has 5 nitrogen and oxygen atoms in total. The number of hydrogen-bond donors (Lipinski definition) is 1. The molecule has 1 aromatic carbocycles. The van der Waals surface area contributed by atoms with E-state index in [0.29, 0.717) is 37.5 Å². The van der Waals surface area contributed by atoms with Crippen LogP contribution in [-0.4, -0.2) is 54.0 Å². The first kappa shape index (κ1) is 20.1. The van der Waals surface area contributed by atoms with E-state index in [4.69, 9.17) is 5.26 Å². The number of carbonyl (C=O) groups excluding carboxylic acids is 1. The van der Waals surface area contributed by atoms with Gasteiger partial charge in [-0.15, -0.1) is 0 Å². The molecule has 0 heterocycles. The summed E-state index contributed by atoms with van der Waals surface area (Å²) < 4.78 is 13.0. The summed E-state index contributed by atoms with van der Waals surface area (Å²) in [6.45, 7) is 5.61. The van der Waals surface area contributed by atoms with Crippen LogP contribution in [0.4, 0.5) is 4.39 Å². The summed E-state index contributed by atoms with van der Waals surface area (Å²) in [4.78, 5) is 15.7. The van der Waals surface area contributed by atoms with Crippen LogP contribution in [0.1, 0.15) is 31.9 Å². The predicted octanol–water partition coefficient (Wildman–Crippen LogP) is 2.19. The number of nitrogens with zero attached hydrogens (tertiary/aromatic N) is 3. The molecule has 0 aliphatic carbocycles. The molecule has 24 heavy (non-hydrogen) atoms. The summed E-state index contributed by atoms with van der Waals surface area (Å²) >= 11 is 0. The van der Waals surface area contributed by atoms with Gasteiger partial charge in [-0.1, -0.05) is 26.0 Å². The quantitative estimate of drug-likeness (QED) is 0.751. The number of benzene rings is 1. The first-order chi connectivity index (χ1) is 11.3. The van der Waals surface area contributed by atoms with Gasteiger partial charge in [0.1, 0.15) is 5.82 Å². The molecule has 0 saturated heterocycles. The highest BCUT2D eigenvalue weighted by molar-refractivity contribution is 5.78. The Hall–Kier alpha value is -1.97. The average molecular weight is 335 g/mol. The van der Waals surface area contributed by atoms with Crippen LogP contribution in [0.25, 0.3) is 0 Å². The number of likely N-dealkylation sites (N-methyl/N-ethyl adjacent to an activating group) is 1. The number of carbonyl (C=O) groups is 1. The normalized spacial score (nSPS) is 12.2. The summed E-state index contributed by atoms with van der Waals surface area (Å²) in [5.74, 6) is -0.0980. The predicted molar refractivity (Wildman–Crippen MR) is 90.5 cm³/mol. The van der Waals surface area contributed by atoms with Crippen molar-refractivity contribution in [3.05, 3.63) is 35.6 Å². The average Bonchev–Trinajstić information content (AvgIpc) is 2.52. The van der Waals surface area contributed by atoms with Gasteiger partial charge in [-0.2, -0.15) is 5.26 Å². The molecule has 0 spiro atoms. The van der Waals surface area contributed by atoms with Crippen molar-refractivity contribution in [1.29, 1.82) is 5.26 Å². The summed E-state index contributed by atoms with van der Waals surface area (Å²) in [7, 11) is 1.67. The van der Waals surface area contributed by atoms with Crippen molar-refractivity contribution < 1.29 is 14.3 Å². The molecule has 0 fully saturated rings. The van der Waals surface area contributed by atoms with E-state index in [9.17, 15) is 14.3 Å². The standard InChI is InChI=1S/C18H26FN3O2/c1-14(2)11-22(13-18(24)21(3)10-4-9-20)12-17(23)15-5-7-16(19)8-6-15/h5-8,14,17,23H,4,10-13H2,1-3H3. The molecule has 0 aromatic heterocycles. The van der Waals surface area contributed by atoms with E-state index in [1.54, 1.807) is 19.2 Å². The molecule has 0 saturated carbocycles. The maximum Gasteiger partial charge on any atom is 0.236 e. The lowest BCUT2D eigenvalue weighted by Crippen LogP contribution is -2.42. The van der Waals surface area contributed by atoms with E-state index < -0.39 is 6.10 Å². The molecule has 1 N–H and O–H groups in total. The summed E-state index contributed by atoms with van der Waals surface area (Å²) in [5.41, 5.74) is 0.621. The number of halogens is 1. The van der Waals surface area contributed by atoms with Crippen LogP contribution in [0.15, 0.2) is 24.3 Å². The molecule has 1 unspecified atom stereocenters. The third-order valence-electron chi connectivity index (χ3n) is 3.65. The lowest BCUT2D eigenvalue weighted by Gasteiger charge is -2.28. The van der Waals surface area contributed by atoms with Gasteiger partial charge in [0.25, 0.3) is 0 Å². The van der Waals surface area contributed by atoms with E-state index in [0.717, 1.165) is 0 Å². The fourth-order valence-corrected chi connectivity index (χ4v) is 2.41. The molecular weight excluding hydrogens is 309 g/mol. The number of aliphatic hydroxyl groups is 1. The Labute approximate surface area is 143 Å². The van der Waals surface area contributed by atoms with Crippen molar-refractivity contribution in [3.63, 3.8) is 0 Å². The van der Waals surface area contributed by atoms with Crippen molar-refractivity contribution in [2.75, 3.05) is 33.2 Å². The lowest BCUT2D eigenvalue weighted by atomic mass is 10.1. The highest BCUT2D eigenvalue weighted by atomic mass is 19.1. The molecule has 1 rings (SSSR count). The Kier molecular flexibility index (Phi) is 8.37. The van der Waals surface area contributed by atoms with Gasteiger partial charge < -0.3 is 10.0 Å². The van der Waals surface area contributed by atoms with Gasteiger partial charge in [0.15, 0.2) is 0 Å². The molecule has 0 radical (unpaired) electrons. The lowest BCUT2D eigenvalue weighted by molar-refractivity contribution is -0.131.